The minimum Gasteiger partial charge on any atom is -0.464 e. The van der Waals surface area contributed by atoms with Gasteiger partial charge in [0.25, 0.3) is 5.91 Å². The third-order valence-electron chi connectivity index (χ3n) is 3.90. The van der Waals surface area contributed by atoms with Crippen LogP contribution in [0.3, 0.4) is 0 Å². The number of methoxy groups -OCH3 is 1. The minimum absolute atomic E-state index is 0.206. The van der Waals surface area contributed by atoms with Gasteiger partial charge in [-0.1, -0.05) is 6.07 Å². The number of hydrogen-bond acceptors (Lipinski definition) is 5. The molecule has 0 bridgehead atoms. The van der Waals surface area contributed by atoms with Gasteiger partial charge in [-0.2, -0.15) is 8.42 Å². The summed E-state index contributed by atoms with van der Waals surface area (Å²) in [5, 5.41) is -1.26. The number of ether oxygens (including phenoxy) is 2. The first-order valence-electron chi connectivity index (χ1n) is 6.73. The molecule has 23 heavy (non-hydrogen) atoms. The lowest BCUT2D eigenvalue weighted by Gasteiger charge is -2.24. The second-order valence-electron chi connectivity index (χ2n) is 5.81. The molecule has 1 aromatic carbocycles. The maximum atomic E-state index is 12.1. The average molecular weight is 364 g/mol. The van der Waals surface area contributed by atoms with E-state index in [1.807, 2.05) is 13.8 Å². The largest absolute Gasteiger partial charge is 0.464 e. The number of alkyl halides is 1. The maximum Gasteiger partial charge on any atom is 0.361 e. The van der Waals surface area contributed by atoms with Crippen LogP contribution in [-0.2, 0) is 25.3 Å². The summed E-state index contributed by atoms with van der Waals surface area (Å²) >= 11 is 6.08. The predicted molar refractivity (Wildman–Crippen MR) is 83.8 cm³/mol. The summed E-state index contributed by atoms with van der Waals surface area (Å²) in [6.45, 7) is 3.85. The van der Waals surface area contributed by atoms with Gasteiger partial charge in [0.05, 0.1) is 5.41 Å². The van der Waals surface area contributed by atoms with Gasteiger partial charge in [0.15, 0.2) is 0 Å². The number of nitrogens with zero attached hydrogens (tertiary/aromatic N) is 1. The van der Waals surface area contributed by atoms with Gasteiger partial charge in [0, 0.05) is 19.7 Å². The van der Waals surface area contributed by atoms with E-state index < -0.39 is 33.3 Å². The van der Waals surface area contributed by atoms with E-state index in [0.717, 1.165) is 12.6 Å². The second kappa shape index (κ2) is 5.94. The molecular weight excluding hydrogens is 346 g/mol. The summed E-state index contributed by atoms with van der Waals surface area (Å²) in [7, 11) is -2.17. The van der Waals surface area contributed by atoms with Gasteiger partial charge >= 0.3 is 10.3 Å². The average Bonchev–Trinajstić information content (AvgIpc) is 2.74. The van der Waals surface area contributed by atoms with Gasteiger partial charge in [0.2, 0.25) is 6.29 Å². The van der Waals surface area contributed by atoms with Crippen molar-refractivity contribution in [3.8, 4) is 5.75 Å². The zero-order chi connectivity index (χ0) is 17.6. The summed E-state index contributed by atoms with van der Waals surface area (Å²) < 4.78 is 42.2. The summed E-state index contributed by atoms with van der Waals surface area (Å²) in [6, 6.07) is 4.91. The topological polar surface area (TPSA) is 93.1 Å². The number of halogens is 1. The molecule has 2 atom stereocenters. The molecule has 1 aliphatic rings. The minimum atomic E-state index is -4.65. The number of amides is 1. The molecule has 0 aromatic heterocycles. The van der Waals surface area contributed by atoms with Crippen molar-refractivity contribution in [3.05, 3.63) is 29.3 Å². The highest BCUT2D eigenvalue weighted by atomic mass is 35.5. The van der Waals surface area contributed by atoms with Crippen LogP contribution in [0.4, 0.5) is 0 Å². The number of benzene rings is 1. The first kappa shape index (κ1) is 18.0. The molecule has 9 heteroatoms. The molecular formula is C14H18ClNO6S. The molecule has 0 spiro atoms. The Morgan fingerprint density at radius 1 is 1.48 bits per heavy atom. The fourth-order valence-electron chi connectivity index (χ4n) is 2.46. The molecule has 7 nitrogen and oxygen atoms in total. The van der Waals surface area contributed by atoms with E-state index in [0.29, 0.717) is 11.3 Å². The summed E-state index contributed by atoms with van der Waals surface area (Å²) in [4.78, 5) is 12.1. The smallest absolute Gasteiger partial charge is 0.361 e. The van der Waals surface area contributed by atoms with Gasteiger partial charge in [-0.05, 0) is 31.5 Å². The highest BCUT2D eigenvalue weighted by Gasteiger charge is 2.42. The van der Waals surface area contributed by atoms with Crippen LogP contribution in [0.25, 0.3) is 0 Å². The number of hydrogen-bond donors (Lipinski definition) is 1. The predicted octanol–water partition coefficient (Wildman–Crippen LogP) is 1.87. The van der Waals surface area contributed by atoms with Gasteiger partial charge < -0.3 is 9.47 Å². The number of carbonyl (C=O) groups excluding carboxylic acids is 1. The number of rotatable bonds is 4. The molecule has 0 saturated heterocycles. The quantitative estimate of drug-likeness (QED) is 0.648. The SMILES string of the molecule is COC1Oc2ccc(C(Cl)C(=O)N(C)S(=O)(=O)O)cc2C1(C)C. The van der Waals surface area contributed by atoms with Crippen LogP contribution in [0, 0.1) is 0 Å². The van der Waals surface area contributed by atoms with Crippen molar-refractivity contribution in [3.63, 3.8) is 0 Å². The second-order valence-corrected chi connectivity index (χ2v) is 7.69. The van der Waals surface area contributed by atoms with E-state index in [-0.39, 0.29) is 4.31 Å². The lowest BCUT2D eigenvalue weighted by Crippen LogP contribution is -2.35. The molecule has 1 heterocycles. The Kier molecular flexibility index (Phi) is 4.64. The third kappa shape index (κ3) is 3.16. The Balaban J connectivity index is 2.36. The molecule has 0 fully saturated rings. The van der Waals surface area contributed by atoms with E-state index in [1.54, 1.807) is 18.2 Å². The molecule has 1 aromatic rings. The number of fused-ring (bicyclic) bond motifs is 1. The zero-order valence-electron chi connectivity index (χ0n) is 13.1. The Morgan fingerprint density at radius 3 is 2.61 bits per heavy atom. The lowest BCUT2D eigenvalue weighted by molar-refractivity contribution is -0.125. The fraction of sp³-hybridized carbons (Fsp3) is 0.500. The van der Waals surface area contributed by atoms with Crippen LogP contribution >= 0.6 is 11.6 Å². The number of likely N-dealkylation sites (N-methyl/N-ethyl adjacent to an activating group) is 1. The summed E-state index contributed by atoms with van der Waals surface area (Å²) in [6.07, 6.45) is -0.474. The Hall–Kier alpha value is -1.35. The van der Waals surface area contributed by atoms with Crippen molar-refractivity contribution >= 4 is 27.8 Å². The first-order chi connectivity index (χ1) is 10.5. The Labute approximate surface area is 140 Å². The van der Waals surface area contributed by atoms with E-state index in [9.17, 15) is 13.2 Å². The molecule has 0 saturated carbocycles. The standard InChI is InChI=1S/C14H18ClNO6S/c1-14(2)9-7-8(5-6-10(9)22-13(14)21-4)11(15)12(17)16(3)23(18,19)20/h5-7,11,13H,1-4H3,(H,18,19,20). The first-order valence-corrected chi connectivity index (χ1v) is 8.56. The van der Waals surface area contributed by atoms with E-state index in [4.69, 9.17) is 25.6 Å². The van der Waals surface area contributed by atoms with Gasteiger partial charge in [0.1, 0.15) is 11.1 Å². The molecule has 128 valence electrons. The van der Waals surface area contributed by atoms with Crippen molar-refractivity contribution < 1.29 is 27.2 Å². The highest BCUT2D eigenvalue weighted by Crippen LogP contribution is 2.44. The van der Waals surface area contributed by atoms with E-state index in [1.165, 1.54) is 7.11 Å². The van der Waals surface area contributed by atoms with Crippen LogP contribution < -0.4 is 4.74 Å². The van der Waals surface area contributed by atoms with Gasteiger partial charge in [-0.3, -0.25) is 9.35 Å². The van der Waals surface area contributed by atoms with Crippen molar-refractivity contribution in [1.29, 1.82) is 0 Å². The van der Waals surface area contributed by atoms with Crippen LogP contribution in [-0.4, -0.2) is 43.6 Å². The Bertz CT molecular complexity index is 733. The molecule has 1 amide bonds. The normalized spacial score (nSPS) is 20.5. The Morgan fingerprint density at radius 2 is 2.09 bits per heavy atom. The van der Waals surface area contributed by atoms with Gasteiger partial charge in [-0.25, -0.2) is 4.31 Å². The van der Waals surface area contributed by atoms with Crippen LogP contribution in [0.5, 0.6) is 5.75 Å². The molecule has 2 unspecified atom stereocenters. The van der Waals surface area contributed by atoms with Crippen molar-refractivity contribution in [2.45, 2.75) is 30.9 Å². The van der Waals surface area contributed by atoms with Crippen molar-refractivity contribution in [1.82, 2.24) is 4.31 Å². The molecule has 1 aliphatic heterocycles. The van der Waals surface area contributed by atoms with Crippen LogP contribution in [0.1, 0.15) is 30.4 Å². The highest BCUT2D eigenvalue weighted by molar-refractivity contribution is 7.83. The maximum absolute atomic E-state index is 12.1. The van der Waals surface area contributed by atoms with Crippen LogP contribution in [0.15, 0.2) is 18.2 Å². The fourth-order valence-corrected chi connectivity index (χ4v) is 3.13. The van der Waals surface area contributed by atoms with E-state index >= 15 is 0 Å². The molecule has 0 aliphatic carbocycles. The van der Waals surface area contributed by atoms with Crippen molar-refractivity contribution in [2.24, 2.45) is 0 Å². The summed E-state index contributed by atoms with van der Waals surface area (Å²) in [5.74, 6) is -0.334. The monoisotopic (exact) mass is 363 g/mol. The van der Waals surface area contributed by atoms with Gasteiger partial charge in [-0.15, -0.1) is 11.6 Å². The number of carbonyl (C=O) groups is 1. The molecule has 1 N–H and O–H groups in total. The zero-order valence-corrected chi connectivity index (χ0v) is 14.7. The lowest BCUT2D eigenvalue weighted by atomic mass is 9.84. The summed E-state index contributed by atoms with van der Waals surface area (Å²) in [5.41, 5.74) is 0.739. The third-order valence-corrected chi connectivity index (χ3v) is 5.21. The van der Waals surface area contributed by atoms with E-state index in [2.05, 4.69) is 0 Å². The molecule has 0 radical (unpaired) electrons. The van der Waals surface area contributed by atoms with Crippen LogP contribution in [0.2, 0.25) is 0 Å². The molecule has 2 rings (SSSR count). The van der Waals surface area contributed by atoms with Crippen molar-refractivity contribution in [2.75, 3.05) is 14.2 Å².